The van der Waals surface area contributed by atoms with Crippen molar-refractivity contribution in [3.05, 3.63) is 88.4 Å². The van der Waals surface area contributed by atoms with E-state index in [1.807, 2.05) is 24.3 Å². The minimum Gasteiger partial charge on any atom is -0.349 e. The monoisotopic (exact) mass is 322 g/mol. The number of dihydropyridines is 1. The molecule has 0 atom stereocenters. The zero-order valence-corrected chi connectivity index (χ0v) is 13.2. The Kier molecular flexibility index (Phi) is 4.80. The van der Waals surface area contributed by atoms with Crippen LogP contribution in [0.25, 0.3) is 0 Å². The summed E-state index contributed by atoms with van der Waals surface area (Å²) in [4.78, 5) is 0.510. The number of rotatable bonds is 3. The lowest BCUT2D eigenvalue weighted by Gasteiger charge is -2.20. The second-order valence-electron chi connectivity index (χ2n) is 5.08. The smallest absolute Gasteiger partial charge is 0.137 e. The Hall–Kier alpha value is -2.51. The highest BCUT2D eigenvalue weighted by atomic mass is 32.2. The molecule has 0 radical (unpaired) electrons. The second-order valence-corrected chi connectivity index (χ2v) is 6.13. The molecule has 0 amide bonds. The highest BCUT2D eigenvalue weighted by molar-refractivity contribution is 8.03. The Labute approximate surface area is 139 Å². The van der Waals surface area contributed by atoms with E-state index in [-0.39, 0.29) is 5.82 Å². The molecule has 0 fully saturated rings. The van der Waals surface area contributed by atoms with Crippen LogP contribution < -0.4 is 5.32 Å². The first kappa shape index (κ1) is 15.4. The third-order valence-corrected chi connectivity index (χ3v) is 4.63. The molecule has 2 aliphatic rings. The van der Waals surface area contributed by atoms with Gasteiger partial charge >= 0.3 is 0 Å². The molecule has 1 N–H and O–H groups in total. The van der Waals surface area contributed by atoms with Crippen LogP contribution in [0.5, 0.6) is 0 Å². The van der Waals surface area contributed by atoms with E-state index in [0.29, 0.717) is 21.9 Å². The van der Waals surface area contributed by atoms with Crippen molar-refractivity contribution in [2.75, 3.05) is 0 Å². The molecule has 0 bridgehead atoms. The number of nitrogens with zero attached hydrogens (tertiary/aromatic N) is 1. The number of halogens is 1. The van der Waals surface area contributed by atoms with Gasteiger partial charge in [-0.15, -0.1) is 0 Å². The van der Waals surface area contributed by atoms with Crippen LogP contribution in [-0.4, -0.2) is 0 Å². The topological polar surface area (TPSA) is 35.8 Å². The fourth-order valence-electron chi connectivity index (χ4n) is 2.34. The maximum absolute atomic E-state index is 13.9. The summed E-state index contributed by atoms with van der Waals surface area (Å²) in [6.45, 7) is 0. The van der Waals surface area contributed by atoms with Crippen molar-refractivity contribution >= 4 is 11.8 Å². The number of hydrogen-bond donors (Lipinski definition) is 1. The molecule has 0 aromatic heterocycles. The summed E-state index contributed by atoms with van der Waals surface area (Å²) in [5.74, 6) is -0.280. The normalized spacial score (nSPS) is 17.0. The first-order valence-electron chi connectivity index (χ1n) is 7.34. The molecule has 23 heavy (non-hydrogen) atoms. The predicted molar refractivity (Wildman–Crippen MR) is 91.7 cm³/mol. The van der Waals surface area contributed by atoms with Crippen molar-refractivity contribution in [3.63, 3.8) is 0 Å². The zero-order chi connectivity index (χ0) is 16.1. The maximum Gasteiger partial charge on any atom is 0.137 e. The van der Waals surface area contributed by atoms with Crippen molar-refractivity contribution in [3.8, 4) is 6.07 Å². The molecule has 1 aromatic carbocycles. The van der Waals surface area contributed by atoms with Crippen molar-refractivity contribution in [1.82, 2.24) is 5.32 Å². The van der Waals surface area contributed by atoms with Gasteiger partial charge in [-0.1, -0.05) is 60.4 Å². The average Bonchev–Trinajstić information content (AvgIpc) is 2.86. The summed E-state index contributed by atoms with van der Waals surface area (Å²) in [7, 11) is 0. The molecule has 2 nitrogen and oxygen atoms in total. The summed E-state index contributed by atoms with van der Waals surface area (Å²) >= 11 is 1.26. The molecule has 1 aliphatic carbocycles. The molecular formula is C19H15FN2S. The van der Waals surface area contributed by atoms with Crippen LogP contribution in [0.15, 0.2) is 87.5 Å². The second kappa shape index (κ2) is 7.17. The Bertz CT molecular complexity index is 807. The van der Waals surface area contributed by atoms with Gasteiger partial charge in [-0.2, -0.15) is 5.26 Å². The quantitative estimate of drug-likeness (QED) is 0.853. The van der Waals surface area contributed by atoms with Crippen LogP contribution in [0.4, 0.5) is 4.39 Å². The molecule has 1 aromatic rings. The van der Waals surface area contributed by atoms with Gasteiger partial charge in [0.05, 0.1) is 16.7 Å². The maximum atomic E-state index is 13.9. The summed E-state index contributed by atoms with van der Waals surface area (Å²) in [6.07, 6.45) is 13.7. The molecule has 4 heteroatoms. The number of benzene rings is 1. The molecule has 0 unspecified atom stereocenters. The number of nitrogens with one attached hydrogen (secondary N) is 1. The molecule has 114 valence electrons. The zero-order valence-electron chi connectivity index (χ0n) is 12.4. The van der Waals surface area contributed by atoms with Crippen molar-refractivity contribution in [2.45, 2.75) is 17.7 Å². The molecule has 1 aliphatic heterocycles. The van der Waals surface area contributed by atoms with Crippen molar-refractivity contribution in [2.24, 2.45) is 0 Å². The van der Waals surface area contributed by atoms with E-state index in [2.05, 4.69) is 23.5 Å². The van der Waals surface area contributed by atoms with Gasteiger partial charge in [0, 0.05) is 17.0 Å². The molecule has 3 rings (SSSR count). The van der Waals surface area contributed by atoms with Gasteiger partial charge in [-0.3, -0.25) is 0 Å². The summed E-state index contributed by atoms with van der Waals surface area (Å²) < 4.78 is 13.9. The highest BCUT2D eigenvalue weighted by Gasteiger charge is 2.17. The fraction of sp³-hybridized carbons (Fsp3) is 0.105. The third-order valence-electron chi connectivity index (χ3n) is 3.52. The van der Waals surface area contributed by atoms with E-state index in [1.54, 1.807) is 18.2 Å². The molecule has 0 saturated heterocycles. The lowest BCUT2D eigenvalue weighted by molar-refractivity contribution is 0.602. The van der Waals surface area contributed by atoms with Crippen LogP contribution >= 0.6 is 11.8 Å². The van der Waals surface area contributed by atoms with Crippen LogP contribution in [0, 0.1) is 17.1 Å². The number of nitriles is 1. The molecule has 0 saturated carbocycles. The number of thioether (sulfide) groups is 1. The molecular weight excluding hydrogens is 307 g/mol. The first-order chi connectivity index (χ1) is 11.3. The van der Waals surface area contributed by atoms with E-state index in [1.165, 1.54) is 17.8 Å². The average molecular weight is 322 g/mol. The lowest BCUT2D eigenvalue weighted by atomic mass is 10.1. The minimum absolute atomic E-state index is 0.280. The van der Waals surface area contributed by atoms with E-state index in [9.17, 15) is 9.65 Å². The summed E-state index contributed by atoms with van der Waals surface area (Å²) in [5, 5.41) is 13.3. The SMILES string of the molecule is N#CC1=C(Sc2ccccc2F)NC(C2=CCC=CC=C2)=CC1. The van der Waals surface area contributed by atoms with Crippen LogP contribution in [-0.2, 0) is 0 Å². The predicted octanol–water partition coefficient (Wildman–Crippen LogP) is 4.97. The van der Waals surface area contributed by atoms with Gasteiger partial charge in [0.25, 0.3) is 0 Å². The Morgan fingerprint density at radius 2 is 2.04 bits per heavy atom. The van der Waals surface area contributed by atoms with Crippen LogP contribution in [0.3, 0.4) is 0 Å². The van der Waals surface area contributed by atoms with Gasteiger partial charge in [0.15, 0.2) is 0 Å². The summed E-state index contributed by atoms with van der Waals surface area (Å²) in [6, 6.07) is 8.81. The highest BCUT2D eigenvalue weighted by Crippen LogP contribution is 2.34. The van der Waals surface area contributed by atoms with E-state index >= 15 is 0 Å². The van der Waals surface area contributed by atoms with Gasteiger partial charge in [0.2, 0.25) is 0 Å². The van der Waals surface area contributed by atoms with Gasteiger partial charge < -0.3 is 5.32 Å². The minimum atomic E-state index is -0.280. The van der Waals surface area contributed by atoms with Crippen LogP contribution in [0.2, 0.25) is 0 Å². The van der Waals surface area contributed by atoms with E-state index in [0.717, 1.165) is 17.7 Å². The Morgan fingerprint density at radius 3 is 2.87 bits per heavy atom. The first-order valence-corrected chi connectivity index (χ1v) is 8.16. The van der Waals surface area contributed by atoms with Crippen molar-refractivity contribution < 1.29 is 4.39 Å². The third kappa shape index (κ3) is 3.64. The van der Waals surface area contributed by atoms with E-state index < -0.39 is 0 Å². The van der Waals surface area contributed by atoms with Crippen LogP contribution in [0.1, 0.15) is 12.8 Å². The fourth-order valence-corrected chi connectivity index (χ4v) is 3.28. The van der Waals surface area contributed by atoms with Gasteiger partial charge in [0.1, 0.15) is 5.82 Å². The van der Waals surface area contributed by atoms with Crippen molar-refractivity contribution in [1.29, 1.82) is 5.26 Å². The molecule has 0 spiro atoms. The Balaban J connectivity index is 1.84. The van der Waals surface area contributed by atoms with Gasteiger partial charge in [-0.25, -0.2) is 4.39 Å². The van der Waals surface area contributed by atoms with Gasteiger partial charge in [-0.05, 0) is 24.1 Å². The largest absolute Gasteiger partial charge is 0.349 e. The number of allylic oxidation sites excluding steroid dienone is 7. The van der Waals surface area contributed by atoms with E-state index in [4.69, 9.17) is 0 Å². The lowest BCUT2D eigenvalue weighted by Crippen LogP contribution is -2.17. The molecule has 1 heterocycles. The summed E-state index contributed by atoms with van der Waals surface area (Å²) in [5.41, 5.74) is 2.67. The number of hydrogen-bond acceptors (Lipinski definition) is 3. The Morgan fingerprint density at radius 1 is 1.17 bits per heavy atom. The standard InChI is InChI=1S/C19H15FN2S/c20-16-9-5-6-10-18(16)23-19-15(13-21)11-12-17(22-19)14-7-3-1-2-4-8-14/h1-3,5-10,12,22H,4,11H2.